The number of carbonyl (C=O) groups excluding carboxylic acids is 2. The van der Waals surface area contributed by atoms with Gasteiger partial charge in [0.2, 0.25) is 11.8 Å². The second kappa shape index (κ2) is 8.49. The molecule has 0 aliphatic heterocycles. The number of nitrogens with one attached hydrogen (secondary N) is 1. The third-order valence-electron chi connectivity index (χ3n) is 2.56. The number of carboxylic acid groups (broad SMARTS) is 1. The number of hydrogen-bond acceptors (Lipinski definition) is 3. The molecule has 0 heterocycles. The van der Waals surface area contributed by atoms with E-state index in [0.29, 0.717) is 19.4 Å². The number of rotatable bonds is 8. The molecule has 6 nitrogen and oxygen atoms in total. The molecule has 0 spiro atoms. The van der Waals surface area contributed by atoms with E-state index >= 15 is 0 Å². The largest absolute Gasteiger partial charge is 0.481 e. The van der Waals surface area contributed by atoms with Crippen molar-refractivity contribution in [1.29, 1.82) is 0 Å². The van der Waals surface area contributed by atoms with Crippen LogP contribution in [0.3, 0.4) is 0 Å². The van der Waals surface area contributed by atoms with Gasteiger partial charge in [-0.05, 0) is 13.3 Å². The molecular weight excluding hydrogens is 236 g/mol. The Morgan fingerprint density at radius 1 is 1.28 bits per heavy atom. The molecule has 0 saturated heterocycles. The van der Waals surface area contributed by atoms with Gasteiger partial charge in [-0.3, -0.25) is 14.4 Å². The van der Waals surface area contributed by atoms with E-state index in [2.05, 4.69) is 5.32 Å². The van der Waals surface area contributed by atoms with Crippen LogP contribution in [0.2, 0.25) is 0 Å². The number of amides is 2. The fourth-order valence-electron chi connectivity index (χ4n) is 1.47. The van der Waals surface area contributed by atoms with Crippen LogP contribution in [0.25, 0.3) is 0 Å². The maximum Gasteiger partial charge on any atom is 0.308 e. The minimum absolute atomic E-state index is 0.0631. The van der Waals surface area contributed by atoms with Crippen molar-refractivity contribution < 1.29 is 19.5 Å². The summed E-state index contributed by atoms with van der Waals surface area (Å²) in [5.41, 5.74) is 0. The first kappa shape index (κ1) is 16.4. The molecule has 0 aliphatic carbocycles. The van der Waals surface area contributed by atoms with Crippen LogP contribution in [-0.4, -0.2) is 47.9 Å². The minimum Gasteiger partial charge on any atom is -0.481 e. The maximum absolute atomic E-state index is 11.6. The van der Waals surface area contributed by atoms with Gasteiger partial charge in [0.15, 0.2) is 0 Å². The van der Waals surface area contributed by atoms with Crippen molar-refractivity contribution in [2.75, 3.05) is 20.1 Å². The fourth-order valence-corrected chi connectivity index (χ4v) is 1.47. The average Bonchev–Trinajstić information content (AvgIpc) is 2.28. The van der Waals surface area contributed by atoms with Gasteiger partial charge in [0, 0.05) is 33.0 Å². The second-order valence-electron chi connectivity index (χ2n) is 4.32. The predicted molar refractivity (Wildman–Crippen MR) is 67.0 cm³/mol. The summed E-state index contributed by atoms with van der Waals surface area (Å²) >= 11 is 0. The van der Waals surface area contributed by atoms with Crippen LogP contribution in [0.1, 0.15) is 33.1 Å². The summed E-state index contributed by atoms with van der Waals surface area (Å²) < 4.78 is 0. The second-order valence-corrected chi connectivity index (χ2v) is 4.32. The molecule has 0 saturated carbocycles. The molecule has 1 atom stereocenters. The van der Waals surface area contributed by atoms with E-state index in [1.807, 2.05) is 6.92 Å². The van der Waals surface area contributed by atoms with Crippen LogP contribution >= 0.6 is 0 Å². The Hall–Kier alpha value is -1.59. The van der Waals surface area contributed by atoms with Crippen LogP contribution < -0.4 is 5.32 Å². The number of nitrogens with zero attached hydrogens (tertiary/aromatic N) is 1. The van der Waals surface area contributed by atoms with E-state index in [0.717, 1.165) is 0 Å². The van der Waals surface area contributed by atoms with E-state index in [4.69, 9.17) is 5.11 Å². The average molecular weight is 258 g/mol. The van der Waals surface area contributed by atoms with Gasteiger partial charge in [-0.2, -0.15) is 0 Å². The summed E-state index contributed by atoms with van der Waals surface area (Å²) in [4.78, 5) is 34.8. The quantitative estimate of drug-likeness (QED) is 0.662. The molecule has 104 valence electrons. The van der Waals surface area contributed by atoms with Gasteiger partial charge in [0.25, 0.3) is 0 Å². The lowest BCUT2D eigenvalue weighted by Crippen LogP contribution is -2.33. The number of aliphatic carboxylic acids is 1. The smallest absolute Gasteiger partial charge is 0.308 e. The highest BCUT2D eigenvalue weighted by Gasteiger charge is 2.17. The Labute approximate surface area is 107 Å². The maximum atomic E-state index is 11.6. The first-order valence-electron chi connectivity index (χ1n) is 6.12. The van der Waals surface area contributed by atoms with E-state index in [9.17, 15) is 14.4 Å². The molecule has 0 radical (unpaired) electrons. The summed E-state index contributed by atoms with van der Waals surface area (Å²) in [6.07, 6.45) is 1.07. The predicted octanol–water partition coefficient (Wildman–Crippen LogP) is 0.472. The Balaban J connectivity index is 3.88. The van der Waals surface area contributed by atoms with Gasteiger partial charge in [-0.25, -0.2) is 0 Å². The standard InChI is InChI=1S/C12H22N2O4/c1-4-13-10(15)6-5-7-11(16)14(3)8-9(2)12(17)18/h9H,4-8H2,1-3H3,(H,13,15)(H,17,18). The van der Waals surface area contributed by atoms with Crippen molar-refractivity contribution in [3.63, 3.8) is 0 Å². The number of hydrogen-bond donors (Lipinski definition) is 2. The van der Waals surface area contributed by atoms with E-state index < -0.39 is 11.9 Å². The molecule has 0 rings (SSSR count). The summed E-state index contributed by atoms with van der Waals surface area (Å²) in [6.45, 7) is 4.17. The lowest BCUT2D eigenvalue weighted by Gasteiger charge is -2.19. The highest BCUT2D eigenvalue weighted by atomic mass is 16.4. The molecule has 2 N–H and O–H groups in total. The van der Waals surface area contributed by atoms with Gasteiger partial charge >= 0.3 is 5.97 Å². The fraction of sp³-hybridized carbons (Fsp3) is 0.750. The molecule has 0 aromatic carbocycles. The van der Waals surface area contributed by atoms with Gasteiger partial charge in [-0.1, -0.05) is 6.92 Å². The van der Waals surface area contributed by atoms with Gasteiger partial charge < -0.3 is 15.3 Å². The van der Waals surface area contributed by atoms with Crippen LogP contribution in [0.15, 0.2) is 0 Å². The Morgan fingerprint density at radius 3 is 2.39 bits per heavy atom. The van der Waals surface area contributed by atoms with Crippen molar-refractivity contribution in [3.8, 4) is 0 Å². The molecular formula is C12H22N2O4. The number of carbonyl (C=O) groups is 3. The molecule has 0 fully saturated rings. The van der Waals surface area contributed by atoms with Gasteiger partial charge in [0.05, 0.1) is 5.92 Å². The van der Waals surface area contributed by atoms with E-state index in [1.54, 1.807) is 14.0 Å². The first-order valence-corrected chi connectivity index (χ1v) is 6.12. The van der Waals surface area contributed by atoms with Crippen molar-refractivity contribution in [1.82, 2.24) is 10.2 Å². The summed E-state index contributed by atoms with van der Waals surface area (Å²) in [6, 6.07) is 0. The van der Waals surface area contributed by atoms with E-state index in [-0.39, 0.29) is 24.8 Å². The van der Waals surface area contributed by atoms with Gasteiger partial charge in [0.1, 0.15) is 0 Å². The molecule has 0 aromatic heterocycles. The SMILES string of the molecule is CCNC(=O)CCCC(=O)N(C)CC(C)C(=O)O. The van der Waals surface area contributed by atoms with Crippen molar-refractivity contribution in [2.45, 2.75) is 33.1 Å². The normalized spacial score (nSPS) is 11.7. The van der Waals surface area contributed by atoms with Gasteiger partial charge in [-0.15, -0.1) is 0 Å². The third-order valence-corrected chi connectivity index (χ3v) is 2.56. The molecule has 1 unspecified atom stereocenters. The monoisotopic (exact) mass is 258 g/mol. The third kappa shape index (κ3) is 6.88. The van der Waals surface area contributed by atoms with Crippen LogP contribution in [0.4, 0.5) is 0 Å². The molecule has 0 bridgehead atoms. The Kier molecular flexibility index (Phi) is 7.74. The summed E-state index contributed by atoms with van der Waals surface area (Å²) in [7, 11) is 1.58. The summed E-state index contributed by atoms with van der Waals surface area (Å²) in [5.74, 6) is -1.70. The molecule has 2 amide bonds. The van der Waals surface area contributed by atoms with Crippen molar-refractivity contribution in [2.24, 2.45) is 5.92 Å². The lowest BCUT2D eigenvalue weighted by atomic mass is 10.1. The lowest BCUT2D eigenvalue weighted by molar-refractivity contribution is -0.142. The van der Waals surface area contributed by atoms with Crippen molar-refractivity contribution in [3.05, 3.63) is 0 Å². The zero-order valence-corrected chi connectivity index (χ0v) is 11.2. The van der Waals surface area contributed by atoms with Crippen LogP contribution in [0.5, 0.6) is 0 Å². The first-order chi connectivity index (χ1) is 8.38. The highest BCUT2D eigenvalue weighted by molar-refractivity contribution is 5.79. The van der Waals surface area contributed by atoms with Crippen molar-refractivity contribution >= 4 is 17.8 Å². The van der Waals surface area contributed by atoms with Crippen LogP contribution in [-0.2, 0) is 14.4 Å². The minimum atomic E-state index is -0.919. The summed E-state index contributed by atoms with van der Waals surface area (Å²) in [5, 5.41) is 11.4. The zero-order chi connectivity index (χ0) is 14.1. The Morgan fingerprint density at radius 2 is 1.89 bits per heavy atom. The van der Waals surface area contributed by atoms with E-state index in [1.165, 1.54) is 4.90 Å². The number of carboxylic acids is 1. The molecule has 6 heteroatoms. The Bertz CT molecular complexity index is 304. The highest BCUT2D eigenvalue weighted by Crippen LogP contribution is 2.03. The van der Waals surface area contributed by atoms with Crippen LogP contribution in [0, 0.1) is 5.92 Å². The molecule has 18 heavy (non-hydrogen) atoms. The molecule has 0 aliphatic rings. The molecule has 0 aromatic rings. The topological polar surface area (TPSA) is 86.7 Å². The zero-order valence-electron chi connectivity index (χ0n) is 11.2.